The summed E-state index contributed by atoms with van der Waals surface area (Å²) in [5.41, 5.74) is 2.19. The number of halogens is 2. The van der Waals surface area contributed by atoms with Gasteiger partial charge in [0.25, 0.3) is 0 Å². The summed E-state index contributed by atoms with van der Waals surface area (Å²) >= 11 is 3.73. The lowest BCUT2D eigenvalue weighted by atomic mass is 9.89. The number of fused-ring (bicyclic) bond motifs is 1. The van der Waals surface area contributed by atoms with Crippen LogP contribution in [-0.2, 0) is 11.3 Å². The van der Waals surface area contributed by atoms with Crippen molar-refractivity contribution in [3.8, 4) is 5.75 Å². The van der Waals surface area contributed by atoms with E-state index in [1.165, 1.54) is 28.6 Å². The van der Waals surface area contributed by atoms with E-state index in [0.717, 1.165) is 43.0 Å². The molecule has 8 heteroatoms. The summed E-state index contributed by atoms with van der Waals surface area (Å²) in [7, 11) is 0. The number of hydrogen-bond acceptors (Lipinski definition) is 4. The topological polar surface area (TPSA) is 63.9 Å². The monoisotopic (exact) mass is 532 g/mol. The first kappa shape index (κ1) is 24.7. The number of para-hydroxylation sites is 1. The van der Waals surface area contributed by atoms with Crippen molar-refractivity contribution in [2.24, 2.45) is 0 Å². The molecule has 0 unspecified atom stereocenters. The van der Waals surface area contributed by atoms with Gasteiger partial charge < -0.3 is 19.1 Å². The minimum Gasteiger partial charge on any atom is -0.491 e. The highest BCUT2D eigenvalue weighted by Crippen LogP contribution is 2.37. The predicted molar refractivity (Wildman–Crippen MR) is 133 cm³/mol. The predicted octanol–water partition coefficient (Wildman–Crippen LogP) is 5.54. The Morgan fingerprint density at radius 1 is 1.15 bits per heavy atom. The summed E-state index contributed by atoms with van der Waals surface area (Å²) in [6, 6.07) is 10.5. The molecule has 4 rings (SSSR count). The molecule has 0 saturated carbocycles. The standard InChI is InChI=1S/C26H30BrFN2O4/c1-2-33-15-14-30-17-20(19-5-3-6-21(27)25(19)30)18-9-11-29(12-10-18)13-16-34-23-8-4-7-22(28)24(23)26(31)32/h3-8,17-18H,2,9-16H2,1H3,(H,31,32). The van der Waals surface area contributed by atoms with Gasteiger partial charge in [-0.3, -0.25) is 4.90 Å². The van der Waals surface area contributed by atoms with Crippen LogP contribution in [0.2, 0.25) is 0 Å². The third-order valence-electron chi connectivity index (χ3n) is 6.44. The maximum atomic E-state index is 13.8. The maximum absolute atomic E-state index is 13.8. The number of nitrogens with zero attached hydrogens (tertiary/aromatic N) is 2. The van der Waals surface area contributed by atoms with Crippen molar-refractivity contribution in [3.05, 3.63) is 64.0 Å². The van der Waals surface area contributed by atoms with Gasteiger partial charge in [-0.1, -0.05) is 18.2 Å². The molecule has 3 aromatic rings. The Labute approximate surface area is 207 Å². The second kappa shape index (κ2) is 11.3. The molecule has 0 aliphatic carbocycles. The molecule has 1 aliphatic rings. The molecule has 1 saturated heterocycles. The van der Waals surface area contributed by atoms with Gasteiger partial charge in [-0.05, 0) is 78.5 Å². The van der Waals surface area contributed by atoms with Gasteiger partial charge in [0, 0.05) is 35.8 Å². The molecule has 2 heterocycles. The van der Waals surface area contributed by atoms with Crippen LogP contribution in [0.4, 0.5) is 4.39 Å². The van der Waals surface area contributed by atoms with Crippen molar-refractivity contribution < 1.29 is 23.8 Å². The first-order valence-corrected chi connectivity index (χ1v) is 12.5. The van der Waals surface area contributed by atoms with E-state index in [4.69, 9.17) is 9.47 Å². The molecule has 2 aromatic carbocycles. The molecule has 1 aliphatic heterocycles. The minimum absolute atomic E-state index is 0.0767. The van der Waals surface area contributed by atoms with Gasteiger partial charge in [0.1, 0.15) is 23.7 Å². The van der Waals surface area contributed by atoms with Crippen LogP contribution in [0.15, 0.2) is 47.1 Å². The number of benzene rings is 2. The highest BCUT2D eigenvalue weighted by Gasteiger charge is 2.25. The minimum atomic E-state index is -1.32. The maximum Gasteiger partial charge on any atom is 0.342 e. The average Bonchev–Trinajstić information content (AvgIpc) is 3.19. The van der Waals surface area contributed by atoms with E-state index in [1.807, 2.05) is 6.92 Å². The van der Waals surface area contributed by atoms with E-state index in [2.05, 4.69) is 49.8 Å². The van der Waals surface area contributed by atoms with E-state index in [0.29, 0.717) is 32.3 Å². The Morgan fingerprint density at radius 3 is 2.65 bits per heavy atom. The van der Waals surface area contributed by atoms with Gasteiger partial charge in [0.15, 0.2) is 0 Å². The molecule has 1 aromatic heterocycles. The lowest BCUT2D eigenvalue weighted by Gasteiger charge is -2.31. The van der Waals surface area contributed by atoms with Crippen molar-refractivity contribution in [1.29, 1.82) is 0 Å². The zero-order valence-corrected chi connectivity index (χ0v) is 20.9. The largest absolute Gasteiger partial charge is 0.491 e. The van der Waals surface area contributed by atoms with Crippen LogP contribution >= 0.6 is 15.9 Å². The molecule has 0 radical (unpaired) electrons. The Kier molecular flexibility index (Phi) is 8.24. The number of carboxylic acid groups (broad SMARTS) is 1. The fourth-order valence-electron chi connectivity index (χ4n) is 4.74. The van der Waals surface area contributed by atoms with Gasteiger partial charge in [0.2, 0.25) is 0 Å². The third kappa shape index (κ3) is 5.45. The van der Waals surface area contributed by atoms with Gasteiger partial charge in [-0.15, -0.1) is 0 Å². The first-order valence-electron chi connectivity index (χ1n) is 11.7. The van der Waals surface area contributed by atoms with Gasteiger partial charge in [0.05, 0.1) is 12.1 Å². The van der Waals surface area contributed by atoms with E-state index < -0.39 is 17.3 Å². The Bertz CT molecular complexity index is 1140. The van der Waals surface area contributed by atoms with Crippen molar-refractivity contribution in [1.82, 2.24) is 9.47 Å². The number of carboxylic acids is 1. The molecule has 0 spiro atoms. The summed E-state index contributed by atoms with van der Waals surface area (Å²) in [5.74, 6) is -1.55. The number of rotatable bonds is 10. The lowest BCUT2D eigenvalue weighted by Crippen LogP contribution is -2.36. The van der Waals surface area contributed by atoms with Crippen molar-refractivity contribution >= 4 is 32.8 Å². The number of ether oxygens (including phenoxy) is 2. The highest BCUT2D eigenvalue weighted by atomic mass is 79.9. The molecule has 34 heavy (non-hydrogen) atoms. The molecule has 1 fully saturated rings. The zero-order valence-electron chi connectivity index (χ0n) is 19.3. The number of carbonyl (C=O) groups is 1. The van der Waals surface area contributed by atoms with Crippen LogP contribution < -0.4 is 4.74 Å². The van der Waals surface area contributed by atoms with Crippen LogP contribution in [0, 0.1) is 5.82 Å². The summed E-state index contributed by atoms with van der Waals surface area (Å²) in [5, 5.41) is 10.5. The van der Waals surface area contributed by atoms with Crippen molar-refractivity contribution in [3.63, 3.8) is 0 Å². The van der Waals surface area contributed by atoms with Crippen molar-refractivity contribution in [2.75, 3.05) is 39.5 Å². The zero-order chi connectivity index (χ0) is 24.1. The van der Waals surface area contributed by atoms with E-state index >= 15 is 0 Å². The highest BCUT2D eigenvalue weighted by molar-refractivity contribution is 9.10. The fourth-order valence-corrected chi connectivity index (χ4v) is 5.33. The first-order chi connectivity index (χ1) is 16.5. The number of piperidine rings is 1. The summed E-state index contributed by atoms with van der Waals surface area (Å²) in [4.78, 5) is 13.6. The van der Waals surface area contributed by atoms with Crippen LogP contribution in [0.25, 0.3) is 10.9 Å². The summed E-state index contributed by atoms with van der Waals surface area (Å²) in [6.45, 7) is 7.09. The lowest BCUT2D eigenvalue weighted by molar-refractivity contribution is 0.0685. The van der Waals surface area contributed by atoms with Gasteiger partial charge >= 0.3 is 5.97 Å². The van der Waals surface area contributed by atoms with E-state index in [1.54, 1.807) is 0 Å². The normalized spacial score (nSPS) is 15.1. The Morgan fingerprint density at radius 2 is 1.91 bits per heavy atom. The van der Waals surface area contributed by atoms with Gasteiger partial charge in [-0.25, -0.2) is 9.18 Å². The molecule has 6 nitrogen and oxygen atoms in total. The molecule has 0 bridgehead atoms. The number of aromatic nitrogens is 1. The second-order valence-electron chi connectivity index (χ2n) is 8.49. The third-order valence-corrected chi connectivity index (χ3v) is 7.08. The van der Waals surface area contributed by atoms with Crippen LogP contribution in [0.1, 0.15) is 41.6 Å². The molecular formula is C26H30BrFN2O4. The Balaban J connectivity index is 1.37. The smallest absolute Gasteiger partial charge is 0.342 e. The van der Waals surface area contributed by atoms with Crippen molar-refractivity contribution in [2.45, 2.75) is 32.2 Å². The molecule has 1 N–H and O–H groups in total. The van der Waals surface area contributed by atoms with Gasteiger partial charge in [-0.2, -0.15) is 0 Å². The number of likely N-dealkylation sites (tertiary alicyclic amines) is 1. The molecule has 0 atom stereocenters. The number of aromatic carboxylic acids is 1. The molecule has 0 amide bonds. The fraction of sp³-hybridized carbons (Fsp3) is 0.423. The van der Waals surface area contributed by atoms with Crippen LogP contribution in [-0.4, -0.2) is 60.0 Å². The summed E-state index contributed by atoms with van der Waals surface area (Å²) in [6.07, 6.45) is 4.37. The average molecular weight is 533 g/mol. The van der Waals surface area contributed by atoms with Crippen LogP contribution in [0.5, 0.6) is 5.75 Å². The second-order valence-corrected chi connectivity index (χ2v) is 9.35. The summed E-state index contributed by atoms with van der Waals surface area (Å²) < 4.78 is 28.4. The quantitative estimate of drug-likeness (QED) is 0.347. The van der Waals surface area contributed by atoms with Crippen LogP contribution in [0.3, 0.4) is 0 Å². The SMILES string of the molecule is CCOCCn1cc(C2CCN(CCOc3cccc(F)c3C(=O)O)CC2)c2cccc(Br)c21. The van der Waals surface area contributed by atoms with E-state index in [9.17, 15) is 14.3 Å². The van der Waals surface area contributed by atoms with E-state index in [-0.39, 0.29) is 5.75 Å². The Hall–Kier alpha value is -2.42. The molecular weight excluding hydrogens is 503 g/mol. The molecule has 182 valence electrons. The number of hydrogen-bond donors (Lipinski definition) is 1.